The van der Waals surface area contributed by atoms with Gasteiger partial charge in [-0.3, -0.25) is 0 Å². The topological polar surface area (TPSA) is 21.3 Å². The van der Waals surface area contributed by atoms with Crippen LogP contribution in [0.5, 0.6) is 5.75 Å². The van der Waals surface area contributed by atoms with E-state index in [1.807, 2.05) is 6.92 Å². The molecule has 1 aliphatic rings. The van der Waals surface area contributed by atoms with Crippen molar-refractivity contribution >= 4 is 0 Å². The second-order valence-corrected chi connectivity index (χ2v) is 3.81. The Bertz CT molecular complexity index is 381. The molecule has 1 aromatic rings. The Morgan fingerprint density at radius 1 is 1.40 bits per heavy atom. The van der Waals surface area contributed by atoms with Gasteiger partial charge in [0.2, 0.25) is 0 Å². The van der Waals surface area contributed by atoms with Gasteiger partial charge in [-0.1, -0.05) is 0 Å². The zero-order valence-corrected chi connectivity index (χ0v) is 8.68. The summed E-state index contributed by atoms with van der Waals surface area (Å²) in [5.41, 5.74) is 0.563. The highest BCUT2D eigenvalue weighted by Crippen LogP contribution is 2.36. The van der Waals surface area contributed by atoms with Crippen molar-refractivity contribution in [3.63, 3.8) is 0 Å². The lowest BCUT2D eigenvalue weighted by atomic mass is 9.97. The molecule has 0 fully saturated rings. The molecule has 0 amide bonds. The van der Waals surface area contributed by atoms with Crippen molar-refractivity contribution in [2.45, 2.75) is 25.5 Å². The summed E-state index contributed by atoms with van der Waals surface area (Å²) in [6, 6.07) is 2.13. The van der Waals surface area contributed by atoms with Gasteiger partial charge in [0.25, 0.3) is 0 Å². The third-order valence-corrected chi connectivity index (χ3v) is 2.65. The van der Waals surface area contributed by atoms with Crippen molar-refractivity contribution in [1.29, 1.82) is 0 Å². The SMILES string of the molecule is CNC1CC(C)Oc2c(F)cc(F)cc21. The third-order valence-electron chi connectivity index (χ3n) is 2.65. The molecule has 1 heterocycles. The number of fused-ring (bicyclic) bond motifs is 1. The van der Waals surface area contributed by atoms with Crippen LogP contribution in [0.2, 0.25) is 0 Å². The molecule has 1 aromatic carbocycles. The van der Waals surface area contributed by atoms with Crippen LogP contribution in [0, 0.1) is 11.6 Å². The van der Waals surface area contributed by atoms with E-state index in [0.717, 1.165) is 6.07 Å². The van der Waals surface area contributed by atoms with E-state index >= 15 is 0 Å². The molecule has 0 radical (unpaired) electrons. The zero-order chi connectivity index (χ0) is 11.0. The van der Waals surface area contributed by atoms with Crippen LogP contribution < -0.4 is 10.1 Å². The van der Waals surface area contributed by atoms with Gasteiger partial charge < -0.3 is 10.1 Å². The molecular weight excluding hydrogens is 200 g/mol. The highest BCUT2D eigenvalue weighted by molar-refractivity contribution is 5.39. The molecule has 1 aliphatic heterocycles. The second kappa shape index (κ2) is 3.77. The molecule has 15 heavy (non-hydrogen) atoms. The summed E-state index contributed by atoms with van der Waals surface area (Å²) in [5, 5.41) is 3.03. The van der Waals surface area contributed by atoms with Gasteiger partial charge in [-0.2, -0.15) is 0 Å². The van der Waals surface area contributed by atoms with Gasteiger partial charge in [0.05, 0.1) is 6.10 Å². The van der Waals surface area contributed by atoms with Crippen LogP contribution in [-0.2, 0) is 0 Å². The minimum atomic E-state index is -0.628. The molecule has 0 aromatic heterocycles. The van der Waals surface area contributed by atoms with Crippen LogP contribution in [0.25, 0.3) is 0 Å². The van der Waals surface area contributed by atoms with E-state index in [0.29, 0.717) is 12.0 Å². The van der Waals surface area contributed by atoms with Crippen molar-refractivity contribution < 1.29 is 13.5 Å². The van der Waals surface area contributed by atoms with Gasteiger partial charge in [0, 0.05) is 24.1 Å². The first kappa shape index (κ1) is 10.4. The summed E-state index contributed by atoms with van der Waals surface area (Å²) in [5.74, 6) is -1.02. The summed E-state index contributed by atoms with van der Waals surface area (Å²) in [6.45, 7) is 1.87. The van der Waals surface area contributed by atoms with Gasteiger partial charge in [0.1, 0.15) is 5.82 Å². The summed E-state index contributed by atoms with van der Waals surface area (Å²) in [6.07, 6.45) is 0.654. The van der Waals surface area contributed by atoms with Gasteiger partial charge in [-0.25, -0.2) is 8.78 Å². The van der Waals surface area contributed by atoms with Crippen LogP contribution in [0.15, 0.2) is 12.1 Å². The number of halogens is 2. The molecular formula is C11H13F2NO. The second-order valence-electron chi connectivity index (χ2n) is 3.81. The fourth-order valence-corrected chi connectivity index (χ4v) is 1.94. The smallest absolute Gasteiger partial charge is 0.168 e. The van der Waals surface area contributed by atoms with Crippen molar-refractivity contribution in [2.75, 3.05) is 7.05 Å². The monoisotopic (exact) mass is 213 g/mol. The van der Waals surface area contributed by atoms with Gasteiger partial charge in [-0.05, 0) is 20.0 Å². The molecule has 0 saturated carbocycles. The van der Waals surface area contributed by atoms with E-state index in [1.165, 1.54) is 6.07 Å². The van der Waals surface area contributed by atoms with Gasteiger partial charge in [-0.15, -0.1) is 0 Å². The molecule has 0 bridgehead atoms. The van der Waals surface area contributed by atoms with Crippen molar-refractivity contribution in [2.24, 2.45) is 0 Å². The maximum absolute atomic E-state index is 13.4. The lowest BCUT2D eigenvalue weighted by Crippen LogP contribution is -2.30. The van der Waals surface area contributed by atoms with E-state index in [2.05, 4.69) is 5.32 Å². The summed E-state index contributed by atoms with van der Waals surface area (Å²) >= 11 is 0. The van der Waals surface area contributed by atoms with E-state index < -0.39 is 11.6 Å². The molecule has 0 aliphatic carbocycles. The first-order valence-corrected chi connectivity index (χ1v) is 4.94. The molecule has 4 heteroatoms. The van der Waals surface area contributed by atoms with Crippen LogP contribution in [0.3, 0.4) is 0 Å². The number of benzene rings is 1. The summed E-state index contributed by atoms with van der Waals surface area (Å²) in [4.78, 5) is 0. The quantitative estimate of drug-likeness (QED) is 0.773. The standard InChI is InChI=1S/C11H13F2NO/c1-6-3-10(14-2)8-4-7(12)5-9(13)11(8)15-6/h4-6,10,14H,3H2,1-2H3. The van der Waals surface area contributed by atoms with E-state index in [-0.39, 0.29) is 17.9 Å². The Kier molecular flexibility index (Phi) is 2.61. The number of ether oxygens (including phenoxy) is 1. The largest absolute Gasteiger partial charge is 0.487 e. The Balaban J connectivity index is 2.51. The highest BCUT2D eigenvalue weighted by Gasteiger charge is 2.27. The van der Waals surface area contributed by atoms with E-state index in [4.69, 9.17) is 4.74 Å². The maximum Gasteiger partial charge on any atom is 0.168 e. The molecule has 1 N–H and O–H groups in total. The Morgan fingerprint density at radius 3 is 2.80 bits per heavy atom. The Labute approximate surface area is 87.2 Å². The molecule has 2 atom stereocenters. The van der Waals surface area contributed by atoms with Gasteiger partial charge >= 0.3 is 0 Å². The average molecular weight is 213 g/mol. The van der Waals surface area contributed by atoms with Crippen molar-refractivity contribution in [1.82, 2.24) is 5.32 Å². The number of hydrogen-bond acceptors (Lipinski definition) is 2. The zero-order valence-electron chi connectivity index (χ0n) is 8.68. The van der Waals surface area contributed by atoms with Crippen LogP contribution in [0.1, 0.15) is 24.9 Å². The summed E-state index contributed by atoms with van der Waals surface area (Å²) in [7, 11) is 1.77. The fourth-order valence-electron chi connectivity index (χ4n) is 1.94. The summed E-state index contributed by atoms with van der Waals surface area (Å²) < 4.78 is 31.8. The number of rotatable bonds is 1. The molecule has 82 valence electrons. The van der Waals surface area contributed by atoms with Crippen molar-refractivity contribution in [3.8, 4) is 5.75 Å². The normalized spacial score (nSPS) is 24.5. The van der Waals surface area contributed by atoms with E-state index in [9.17, 15) is 8.78 Å². The lowest BCUT2D eigenvalue weighted by Gasteiger charge is -2.30. The molecule has 2 unspecified atom stereocenters. The molecule has 0 saturated heterocycles. The minimum absolute atomic E-state index is 0.0473. The Morgan fingerprint density at radius 2 is 2.13 bits per heavy atom. The molecule has 0 spiro atoms. The third kappa shape index (κ3) is 1.81. The minimum Gasteiger partial charge on any atom is -0.487 e. The van der Waals surface area contributed by atoms with Crippen LogP contribution >= 0.6 is 0 Å². The fraction of sp³-hybridized carbons (Fsp3) is 0.455. The highest BCUT2D eigenvalue weighted by atomic mass is 19.1. The van der Waals surface area contributed by atoms with Gasteiger partial charge in [0.15, 0.2) is 11.6 Å². The predicted octanol–water partition coefficient (Wildman–Crippen LogP) is 2.40. The lowest BCUT2D eigenvalue weighted by molar-refractivity contribution is 0.160. The van der Waals surface area contributed by atoms with Crippen molar-refractivity contribution in [3.05, 3.63) is 29.3 Å². The maximum atomic E-state index is 13.4. The number of hydrogen-bond donors (Lipinski definition) is 1. The first-order valence-electron chi connectivity index (χ1n) is 4.94. The first-order chi connectivity index (χ1) is 7.11. The predicted molar refractivity (Wildman–Crippen MR) is 52.9 cm³/mol. The average Bonchev–Trinajstić information content (AvgIpc) is 2.18. The van der Waals surface area contributed by atoms with E-state index in [1.54, 1.807) is 7.05 Å². The van der Waals surface area contributed by atoms with Crippen LogP contribution in [-0.4, -0.2) is 13.2 Å². The number of nitrogens with one attached hydrogen (secondary N) is 1. The molecule has 2 rings (SSSR count). The Hall–Kier alpha value is -1.16. The van der Waals surface area contributed by atoms with Crippen LogP contribution in [0.4, 0.5) is 8.78 Å². The molecule has 2 nitrogen and oxygen atoms in total.